The van der Waals surface area contributed by atoms with Gasteiger partial charge in [-0.2, -0.15) is 0 Å². The number of hydrogen-bond donors (Lipinski definition) is 2. The van der Waals surface area contributed by atoms with Crippen LogP contribution in [0.3, 0.4) is 0 Å². The first-order valence-electron chi connectivity index (χ1n) is 7.49. The molecule has 3 heteroatoms. The summed E-state index contributed by atoms with van der Waals surface area (Å²) in [6.07, 6.45) is 6.42. The van der Waals surface area contributed by atoms with E-state index >= 15 is 0 Å². The van der Waals surface area contributed by atoms with E-state index in [1.54, 1.807) is 0 Å². The van der Waals surface area contributed by atoms with Gasteiger partial charge in [-0.05, 0) is 31.0 Å². The zero-order valence-electron chi connectivity index (χ0n) is 12.2. The van der Waals surface area contributed by atoms with Gasteiger partial charge in [-0.15, -0.1) is 0 Å². The van der Waals surface area contributed by atoms with Crippen molar-refractivity contribution >= 4 is 17.3 Å². The highest BCUT2D eigenvalue weighted by Crippen LogP contribution is 2.14. The Morgan fingerprint density at radius 1 is 1.11 bits per heavy atom. The molecule has 2 nitrogen and oxygen atoms in total. The number of rotatable bonds is 10. The van der Waals surface area contributed by atoms with Crippen molar-refractivity contribution in [2.45, 2.75) is 52.0 Å². The molecule has 0 heterocycles. The van der Waals surface area contributed by atoms with Crippen molar-refractivity contribution in [3.8, 4) is 0 Å². The number of nitrogens with one attached hydrogen (secondary N) is 2. The van der Waals surface area contributed by atoms with Crippen molar-refractivity contribution < 1.29 is 0 Å². The van der Waals surface area contributed by atoms with E-state index in [9.17, 15) is 0 Å². The minimum atomic E-state index is 0.672. The Morgan fingerprint density at radius 3 is 2.63 bits per heavy atom. The maximum atomic E-state index is 5.95. The van der Waals surface area contributed by atoms with Crippen molar-refractivity contribution in [1.29, 1.82) is 0 Å². The first-order valence-corrected chi connectivity index (χ1v) is 7.86. The van der Waals surface area contributed by atoms with Crippen molar-refractivity contribution in [2.24, 2.45) is 0 Å². The number of hydrogen-bond acceptors (Lipinski definition) is 2. The second kappa shape index (κ2) is 10.1. The minimum absolute atomic E-state index is 0.672. The fourth-order valence-corrected chi connectivity index (χ4v) is 2.42. The summed E-state index contributed by atoms with van der Waals surface area (Å²) in [4.78, 5) is 0. The Bertz CT molecular complexity index is 341. The van der Waals surface area contributed by atoms with Gasteiger partial charge in [0.2, 0.25) is 0 Å². The van der Waals surface area contributed by atoms with E-state index in [2.05, 4.69) is 24.5 Å². The van der Waals surface area contributed by atoms with Gasteiger partial charge in [0.05, 0.1) is 0 Å². The second-order valence-corrected chi connectivity index (χ2v) is 5.46. The SMILES string of the molecule is CCCC[C@H](CCC)NCCNc1cccc(Cl)c1. The van der Waals surface area contributed by atoms with Crippen LogP contribution in [0.4, 0.5) is 5.69 Å². The zero-order chi connectivity index (χ0) is 13.9. The number of benzene rings is 1. The second-order valence-electron chi connectivity index (χ2n) is 5.02. The third-order valence-electron chi connectivity index (χ3n) is 3.26. The fraction of sp³-hybridized carbons (Fsp3) is 0.625. The Kier molecular flexibility index (Phi) is 8.68. The smallest absolute Gasteiger partial charge is 0.0426 e. The summed E-state index contributed by atoms with van der Waals surface area (Å²) in [7, 11) is 0. The average molecular weight is 283 g/mol. The van der Waals surface area contributed by atoms with Gasteiger partial charge < -0.3 is 10.6 Å². The standard InChI is InChI=1S/C16H27ClN2/c1-3-5-9-15(7-4-2)18-11-12-19-16-10-6-8-14(17)13-16/h6,8,10,13,15,18-19H,3-5,7,9,11-12H2,1-2H3/t15-/m0/s1. The highest BCUT2D eigenvalue weighted by atomic mass is 35.5. The van der Waals surface area contributed by atoms with Crippen LogP contribution in [-0.4, -0.2) is 19.1 Å². The molecule has 0 saturated heterocycles. The molecular weight excluding hydrogens is 256 g/mol. The predicted molar refractivity (Wildman–Crippen MR) is 86.2 cm³/mol. The topological polar surface area (TPSA) is 24.1 Å². The maximum absolute atomic E-state index is 5.95. The third kappa shape index (κ3) is 7.44. The highest BCUT2D eigenvalue weighted by molar-refractivity contribution is 6.30. The molecule has 0 radical (unpaired) electrons. The first-order chi connectivity index (χ1) is 9.26. The largest absolute Gasteiger partial charge is 0.384 e. The lowest BCUT2D eigenvalue weighted by Gasteiger charge is -2.18. The van der Waals surface area contributed by atoms with Crippen LogP contribution in [0.1, 0.15) is 46.0 Å². The van der Waals surface area contributed by atoms with Crippen LogP contribution < -0.4 is 10.6 Å². The van der Waals surface area contributed by atoms with Gasteiger partial charge in [-0.1, -0.05) is 50.8 Å². The molecule has 0 saturated carbocycles. The van der Waals surface area contributed by atoms with Gasteiger partial charge in [0, 0.05) is 29.8 Å². The van der Waals surface area contributed by atoms with Gasteiger partial charge in [0.1, 0.15) is 0 Å². The van der Waals surface area contributed by atoms with Crippen LogP contribution in [-0.2, 0) is 0 Å². The Hall–Kier alpha value is -0.730. The Morgan fingerprint density at radius 2 is 1.95 bits per heavy atom. The zero-order valence-corrected chi connectivity index (χ0v) is 13.0. The third-order valence-corrected chi connectivity index (χ3v) is 3.49. The molecule has 0 bridgehead atoms. The molecule has 0 aromatic heterocycles. The lowest BCUT2D eigenvalue weighted by atomic mass is 10.1. The number of anilines is 1. The lowest BCUT2D eigenvalue weighted by molar-refractivity contribution is 0.442. The molecule has 0 aliphatic rings. The maximum Gasteiger partial charge on any atom is 0.0426 e. The summed E-state index contributed by atoms with van der Waals surface area (Å²) in [5.41, 5.74) is 1.09. The minimum Gasteiger partial charge on any atom is -0.384 e. The van der Waals surface area contributed by atoms with E-state index < -0.39 is 0 Å². The molecule has 0 unspecified atom stereocenters. The van der Waals surface area contributed by atoms with Crippen molar-refractivity contribution in [3.63, 3.8) is 0 Å². The summed E-state index contributed by atoms with van der Waals surface area (Å²) in [5, 5.41) is 7.82. The predicted octanol–water partition coefficient (Wildman–Crippen LogP) is 4.70. The van der Waals surface area contributed by atoms with Crippen LogP contribution in [0.25, 0.3) is 0 Å². The summed E-state index contributed by atoms with van der Waals surface area (Å²) in [6.45, 7) is 6.45. The van der Waals surface area contributed by atoms with E-state index in [0.29, 0.717) is 6.04 Å². The van der Waals surface area contributed by atoms with Crippen molar-refractivity contribution in [1.82, 2.24) is 5.32 Å². The molecular formula is C16H27ClN2. The first kappa shape index (κ1) is 16.3. The molecule has 1 aromatic carbocycles. The summed E-state index contributed by atoms with van der Waals surface area (Å²) in [5.74, 6) is 0. The normalized spacial score (nSPS) is 12.4. The molecule has 1 aromatic rings. The molecule has 0 fully saturated rings. The quantitative estimate of drug-likeness (QED) is 0.608. The lowest BCUT2D eigenvalue weighted by Crippen LogP contribution is -2.33. The van der Waals surface area contributed by atoms with Gasteiger partial charge in [0.15, 0.2) is 0 Å². The number of unbranched alkanes of at least 4 members (excludes halogenated alkanes) is 1. The monoisotopic (exact) mass is 282 g/mol. The van der Waals surface area contributed by atoms with E-state index in [0.717, 1.165) is 23.8 Å². The average Bonchev–Trinajstić information content (AvgIpc) is 2.41. The van der Waals surface area contributed by atoms with Gasteiger partial charge in [-0.25, -0.2) is 0 Å². The molecule has 2 N–H and O–H groups in total. The molecule has 19 heavy (non-hydrogen) atoms. The van der Waals surface area contributed by atoms with E-state index in [4.69, 9.17) is 11.6 Å². The summed E-state index contributed by atoms with van der Waals surface area (Å²) >= 11 is 5.95. The van der Waals surface area contributed by atoms with E-state index in [-0.39, 0.29) is 0 Å². The van der Waals surface area contributed by atoms with Crippen molar-refractivity contribution in [3.05, 3.63) is 29.3 Å². The van der Waals surface area contributed by atoms with Gasteiger partial charge in [-0.3, -0.25) is 0 Å². The Labute approximate surface area is 122 Å². The van der Waals surface area contributed by atoms with E-state index in [1.165, 1.54) is 32.1 Å². The van der Waals surface area contributed by atoms with Crippen LogP contribution >= 0.6 is 11.6 Å². The number of halogens is 1. The molecule has 1 atom stereocenters. The molecule has 0 amide bonds. The van der Waals surface area contributed by atoms with Crippen LogP contribution in [0.15, 0.2) is 24.3 Å². The molecule has 0 aliphatic heterocycles. The van der Waals surface area contributed by atoms with Crippen LogP contribution in [0, 0.1) is 0 Å². The van der Waals surface area contributed by atoms with Gasteiger partial charge in [0.25, 0.3) is 0 Å². The fourth-order valence-electron chi connectivity index (χ4n) is 2.23. The summed E-state index contributed by atoms with van der Waals surface area (Å²) < 4.78 is 0. The molecule has 1 rings (SSSR count). The Balaban J connectivity index is 2.20. The van der Waals surface area contributed by atoms with Gasteiger partial charge >= 0.3 is 0 Å². The molecule has 0 spiro atoms. The van der Waals surface area contributed by atoms with Crippen LogP contribution in [0.2, 0.25) is 5.02 Å². The summed E-state index contributed by atoms with van der Waals surface area (Å²) in [6, 6.07) is 8.55. The van der Waals surface area contributed by atoms with Crippen molar-refractivity contribution in [2.75, 3.05) is 18.4 Å². The highest BCUT2D eigenvalue weighted by Gasteiger charge is 2.05. The molecule has 0 aliphatic carbocycles. The van der Waals surface area contributed by atoms with Crippen LogP contribution in [0.5, 0.6) is 0 Å². The molecule has 108 valence electrons. The van der Waals surface area contributed by atoms with E-state index in [1.807, 2.05) is 24.3 Å².